The van der Waals surface area contributed by atoms with Crippen molar-refractivity contribution in [3.8, 4) is 0 Å². The number of hydrogen-bond donors (Lipinski definition) is 2. The Hall–Kier alpha value is -0.0800. The van der Waals surface area contributed by atoms with Gasteiger partial charge in [-0.25, -0.2) is 0 Å². The molecule has 2 N–H and O–H groups in total. The number of hydrogen-bond acceptors (Lipinski definition) is 2. The van der Waals surface area contributed by atoms with Gasteiger partial charge in [0.15, 0.2) is 0 Å². The Kier molecular flexibility index (Phi) is 1.65. The van der Waals surface area contributed by atoms with Gasteiger partial charge in [0, 0.05) is 19.8 Å². The molecule has 1 saturated heterocycles. The summed E-state index contributed by atoms with van der Waals surface area (Å²) in [6.07, 6.45) is 0. The first-order chi connectivity index (χ1) is 3.39. The van der Waals surface area contributed by atoms with Crippen LogP contribution in [0.25, 0.3) is 0 Å². The van der Waals surface area contributed by atoms with E-state index in [-0.39, 0.29) is 0 Å². The van der Waals surface area contributed by atoms with Crippen molar-refractivity contribution in [2.75, 3.05) is 19.8 Å². The summed E-state index contributed by atoms with van der Waals surface area (Å²) in [5, 5.41) is 6.32. The molecule has 0 aromatic carbocycles. The molecule has 0 saturated carbocycles. The van der Waals surface area contributed by atoms with Gasteiger partial charge in [-0.05, 0) is 12.8 Å². The molecule has 1 rings (SSSR count). The van der Waals surface area contributed by atoms with Gasteiger partial charge in [-0.15, -0.1) is 0 Å². The van der Waals surface area contributed by atoms with Crippen molar-refractivity contribution in [3.63, 3.8) is 0 Å². The van der Waals surface area contributed by atoms with E-state index in [1.54, 1.807) is 0 Å². The Morgan fingerprint density at radius 2 is 1.86 bits per heavy atom. The molecule has 0 bridgehead atoms. The van der Waals surface area contributed by atoms with Crippen LogP contribution in [0.15, 0.2) is 0 Å². The van der Waals surface area contributed by atoms with Crippen LogP contribution in [0.1, 0.15) is 0 Å². The van der Waals surface area contributed by atoms with Crippen LogP contribution in [0.5, 0.6) is 0 Å². The molecule has 1 fully saturated rings. The van der Waals surface area contributed by atoms with Crippen LogP contribution in [0, 0.1) is 12.8 Å². The molecule has 7 heavy (non-hydrogen) atoms. The molecular weight excluding hydrogens is 88.1 g/mol. The molecule has 0 unspecified atom stereocenters. The van der Waals surface area contributed by atoms with Gasteiger partial charge in [0.2, 0.25) is 0 Å². The maximum absolute atomic E-state index is 3.87. The van der Waals surface area contributed by atoms with Crippen molar-refractivity contribution in [3.05, 3.63) is 6.92 Å². The minimum absolute atomic E-state index is 0.564. The van der Waals surface area contributed by atoms with Crippen LogP contribution in [-0.2, 0) is 0 Å². The van der Waals surface area contributed by atoms with Gasteiger partial charge in [-0.3, -0.25) is 0 Å². The van der Waals surface area contributed by atoms with Crippen molar-refractivity contribution >= 4 is 0 Å². The standard InChI is InChI=1S/C5H11N2/c1-5-2-6-4-7-3-5/h5-7H,1-4H2. The number of rotatable bonds is 0. The average Bonchev–Trinajstić information content (AvgIpc) is 1.69. The zero-order valence-electron chi connectivity index (χ0n) is 4.41. The molecule has 0 atom stereocenters. The van der Waals surface area contributed by atoms with Gasteiger partial charge in [-0.1, -0.05) is 0 Å². The maximum Gasteiger partial charge on any atom is 0.0454 e. The van der Waals surface area contributed by atoms with E-state index in [2.05, 4.69) is 17.6 Å². The van der Waals surface area contributed by atoms with E-state index >= 15 is 0 Å². The first kappa shape index (κ1) is 5.06. The lowest BCUT2D eigenvalue weighted by molar-refractivity contribution is 0.424. The van der Waals surface area contributed by atoms with Crippen LogP contribution < -0.4 is 10.6 Å². The van der Waals surface area contributed by atoms with Gasteiger partial charge >= 0.3 is 0 Å². The van der Waals surface area contributed by atoms with Crippen molar-refractivity contribution in [1.29, 1.82) is 0 Å². The fourth-order valence-electron chi connectivity index (χ4n) is 0.713. The van der Waals surface area contributed by atoms with Gasteiger partial charge in [0.25, 0.3) is 0 Å². The van der Waals surface area contributed by atoms with E-state index in [1.807, 2.05) is 0 Å². The Labute approximate surface area is 44.3 Å². The van der Waals surface area contributed by atoms with Crippen LogP contribution in [-0.4, -0.2) is 19.8 Å². The van der Waals surface area contributed by atoms with E-state index in [0.29, 0.717) is 5.92 Å². The Morgan fingerprint density at radius 3 is 2.14 bits per heavy atom. The summed E-state index contributed by atoms with van der Waals surface area (Å²) in [5.74, 6) is 0.564. The third-order valence-corrected chi connectivity index (χ3v) is 1.12. The topological polar surface area (TPSA) is 24.1 Å². The second kappa shape index (κ2) is 2.28. The van der Waals surface area contributed by atoms with E-state index in [1.165, 1.54) is 0 Å². The minimum atomic E-state index is 0.564. The van der Waals surface area contributed by atoms with Crippen molar-refractivity contribution in [2.24, 2.45) is 5.92 Å². The summed E-state index contributed by atoms with van der Waals surface area (Å²) in [6.45, 7) is 6.95. The van der Waals surface area contributed by atoms with Gasteiger partial charge in [0.1, 0.15) is 0 Å². The summed E-state index contributed by atoms with van der Waals surface area (Å²) in [4.78, 5) is 0. The molecule has 1 aliphatic heterocycles. The molecule has 0 aromatic heterocycles. The smallest absolute Gasteiger partial charge is 0.0454 e. The normalized spacial score (nSPS) is 25.3. The van der Waals surface area contributed by atoms with Crippen molar-refractivity contribution in [1.82, 2.24) is 10.6 Å². The zero-order valence-corrected chi connectivity index (χ0v) is 4.41. The quantitative estimate of drug-likeness (QED) is 0.431. The molecular formula is C5H11N2. The second-order valence-corrected chi connectivity index (χ2v) is 1.95. The molecule has 0 spiro atoms. The van der Waals surface area contributed by atoms with E-state index in [4.69, 9.17) is 0 Å². The summed E-state index contributed by atoms with van der Waals surface area (Å²) in [5.41, 5.74) is 0. The van der Waals surface area contributed by atoms with Gasteiger partial charge in [-0.2, -0.15) is 0 Å². The van der Waals surface area contributed by atoms with Crippen molar-refractivity contribution < 1.29 is 0 Å². The van der Waals surface area contributed by atoms with Crippen LogP contribution >= 0.6 is 0 Å². The molecule has 1 aliphatic rings. The van der Waals surface area contributed by atoms with Crippen LogP contribution in [0.4, 0.5) is 0 Å². The second-order valence-electron chi connectivity index (χ2n) is 1.95. The zero-order chi connectivity index (χ0) is 5.11. The predicted molar refractivity (Wildman–Crippen MR) is 29.7 cm³/mol. The summed E-state index contributed by atoms with van der Waals surface area (Å²) in [6, 6.07) is 0. The third kappa shape index (κ3) is 1.45. The molecule has 0 aromatic rings. The molecule has 2 nitrogen and oxygen atoms in total. The summed E-state index contributed by atoms with van der Waals surface area (Å²) >= 11 is 0. The Bertz CT molecular complexity index is 48.0. The molecule has 41 valence electrons. The SMILES string of the molecule is [CH2]C1CNCNC1. The highest BCUT2D eigenvalue weighted by Crippen LogP contribution is 1.90. The fraction of sp³-hybridized carbons (Fsp3) is 0.800. The van der Waals surface area contributed by atoms with E-state index < -0.39 is 0 Å². The van der Waals surface area contributed by atoms with Crippen molar-refractivity contribution in [2.45, 2.75) is 0 Å². The highest BCUT2D eigenvalue weighted by molar-refractivity contribution is 4.70. The molecule has 0 aliphatic carbocycles. The molecule has 2 heteroatoms. The van der Waals surface area contributed by atoms with E-state index in [9.17, 15) is 0 Å². The minimum Gasteiger partial charge on any atom is -0.304 e. The maximum atomic E-state index is 3.87. The summed E-state index contributed by atoms with van der Waals surface area (Å²) in [7, 11) is 0. The highest BCUT2D eigenvalue weighted by Gasteiger charge is 2.03. The lowest BCUT2D eigenvalue weighted by Crippen LogP contribution is -2.42. The Balaban J connectivity index is 2.12. The molecule has 1 heterocycles. The van der Waals surface area contributed by atoms with Crippen LogP contribution in [0.2, 0.25) is 0 Å². The van der Waals surface area contributed by atoms with Gasteiger partial charge < -0.3 is 10.6 Å². The third-order valence-electron chi connectivity index (χ3n) is 1.12. The molecule has 1 radical (unpaired) electrons. The average molecular weight is 99.2 g/mol. The van der Waals surface area contributed by atoms with Crippen LogP contribution in [0.3, 0.4) is 0 Å². The fourth-order valence-corrected chi connectivity index (χ4v) is 0.713. The highest BCUT2D eigenvalue weighted by atomic mass is 15.1. The lowest BCUT2D eigenvalue weighted by Gasteiger charge is -2.19. The van der Waals surface area contributed by atoms with Gasteiger partial charge in [0.05, 0.1) is 0 Å². The molecule has 0 amide bonds. The predicted octanol–water partition coefficient (Wildman–Crippen LogP) is -0.413. The number of nitrogens with one attached hydrogen (secondary N) is 2. The first-order valence-electron chi connectivity index (χ1n) is 2.64. The van der Waals surface area contributed by atoms with E-state index in [0.717, 1.165) is 19.8 Å². The lowest BCUT2D eigenvalue weighted by atomic mass is 10.1. The largest absolute Gasteiger partial charge is 0.304 e. The monoisotopic (exact) mass is 99.1 g/mol. The first-order valence-corrected chi connectivity index (χ1v) is 2.64. The summed E-state index contributed by atoms with van der Waals surface area (Å²) < 4.78 is 0. The Morgan fingerprint density at radius 1 is 1.29 bits per heavy atom.